The Morgan fingerprint density at radius 2 is 0.474 bits per heavy atom. The van der Waals surface area contributed by atoms with Crippen LogP contribution in [-0.4, -0.2) is 23.1 Å². The third kappa shape index (κ3) is 19.6. The van der Waals surface area contributed by atoms with Gasteiger partial charge in [-0.05, 0) is 117 Å². The predicted molar refractivity (Wildman–Crippen MR) is 406 cm³/mol. The fourth-order valence-electron chi connectivity index (χ4n) is 16.6. The zero-order valence-electron chi connectivity index (χ0n) is 61.4. The van der Waals surface area contributed by atoms with Crippen LogP contribution < -0.4 is 58.4 Å². The maximum Gasteiger partial charge on any atom is 0.416 e. The Morgan fingerprint density at radius 1 is 0.276 bits per heavy atom. The molecule has 1 nitrogen and oxygen atoms in total. The molecule has 617 valence electrons. The SMILES string of the molecule is C1CCC(P(C2CCCC2)C2CCCC2)C1.CC1(C)c2cccc(P(c3ccccc3)c3ccccc3)c2Oc2c(P(c3ccccc3)c3ccccc3)cccc21.FC(F)(F)c1cc([B-](c2cc(C(F)(F)F)cc(C(F)(F)F)c2)(c2cc(C(F)(F)F)cc(C(F)(F)F)c2)c2cc(C(F)(F)F)cc(C(F)(F)F)c2)cc(C(F)(F)F)c1.[Rh]. The van der Waals surface area contributed by atoms with Gasteiger partial charge in [0.15, 0.2) is 0 Å². The second kappa shape index (κ2) is 34.6. The van der Waals surface area contributed by atoms with Crippen LogP contribution in [-0.2, 0) is 74.3 Å². The van der Waals surface area contributed by atoms with Crippen molar-refractivity contribution in [3.8, 4) is 11.5 Å². The molecule has 1 heterocycles. The van der Waals surface area contributed by atoms with Crippen molar-refractivity contribution in [3.63, 3.8) is 0 Å². The smallest absolute Gasteiger partial charge is 0.416 e. The second-order valence-corrected chi connectivity index (χ2v) is 37.0. The summed E-state index contributed by atoms with van der Waals surface area (Å²) in [5.74, 6) is 2.02. The summed E-state index contributed by atoms with van der Waals surface area (Å²) in [5, 5.41) is 7.81. The number of fused-ring (bicyclic) bond motifs is 2. The summed E-state index contributed by atoms with van der Waals surface area (Å²) in [6.45, 7) is 4.70. The maximum absolute atomic E-state index is 14.2. The normalized spacial score (nSPS) is 16.0. The Morgan fingerprint density at radius 3 is 0.664 bits per heavy atom. The van der Waals surface area contributed by atoms with Gasteiger partial charge >= 0.3 is 49.4 Å². The summed E-state index contributed by atoms with van der Waals surface area (Å²) in [5.41, 5.74) is -24.3. The van der Waals surface area contributed by atoms with Gasteiger partial charge in [-0.1, -0.05) is 267 Å². The largest absolute Gasteiger partial charge is 0.455 e. The molecule has 0 spiro atoms. The number of hydrogen-bond acceptors (Lipinski definition) is 1. The van der Waals surface area contributed by atoms with E-state index in [2.05, 4.69) is 172 Å². The van der Waals surface area contributed by atoms with E-state index in [1.54, 1.807) is 77.0 Å². The van der Waals surface area contributed by atoms with E-state index in [9.17, 15) is 105 Å². The van der Waals surface area contributed by atoms with Crippen molar-refractivity contribution in [1.29, 1.82) is 0 Å². The van der Waals surface area contributed by atoms with Crippen LogP contribution in [0.15, 0.2) is 231 Å². The Balaban J connectivity index is 0.000000194. The zero-order valence-corrected chi connectivity index (χ0v) is 65.7. The van der Waals surface area contributed by atoms with Crippen LogP contribution in [0.1, 0.15) is 147 Å². The van der Waals surface area contributed by atoms with Crippen molar-refractivity contribution in [1.82, 2.24) is 0 Å². The molecule has 14 rings (SSSR count). The average molecular weight is 1780 g/mol. The number of alkyl halides is 24. The van der Waals surface area contributed by atoms with E-state index in [1.165, 1.54) is 59.9 Å². The Hall–Kier alpha value is -7.70. The van der Waals surface area contributed by atoms with Crippen molar-refractivity contribution in [3.05, 3.63) is 286 Å². The topological polar surface area (TPSA) is 9.23 Å². The minimum Gasteiger partial charge on any atom is -0.455 e. The van der Waals surface area contributed by atoms with Crippen LogP contribution in [0.5, 0.6) is 11.5 Å². The first kappa shape index (κ1) is 89.1. The number of ether oxygens (including phenoxy) is 1. The second-order valence-electron chi connectivity index (χ2n) is 29.5. The number of hydrogen-bond donors (Lipinski definition) is 0. The van der Waals surface area contributed by atoms with Crippen LogP contribution in [0.2, 0.25) is 0 Å². The van der Waals surface area contributed by atoms with Crippen molar-refractivity contribution in [2.75, 3.05) is 0 Å². The van der Waals surface area contributed by atoms with Gasteiger partial charge in [-0.3, -0.25) is 0 Å². The van der Waals surface area contributed by atoms with Gasteiger partial charge in [0.1, 0.15) is 17.6 Å². The molecule has 10 aromatic rings. The molecule has 0 amide bonds. The first-order chi connectivity index (χ1) is 53.8. The van der Waals surface area contributed by atoms with E-state index in [4.69, 9.17) is 4.74 Å². The van der Waals surface area contributed by atoms with E-state index in [1.807, 2.05) is 0 Å². The molecule has 3 saturated carbocycles. The molecule has 0 N–H and O–H groups in total. The van der Waals surface area contributed by atoms with Gasteiger partial charge in [-0.2, -0.15) is 127 Å². The quantitative estimate of drug-likeness (QED) is 0.0635. The fourth-order valence-corrected chi connectivity index (χ4v) is 26.1. The maximum atomic E-state index is 14.2. The first-order valence-corrected chi connectivity index (χ1v) is 41.0. The van der Waals surface area contributed by atoms with Crippen molar-refractivity contribution >= 4 is 83.6 Å². The van der Waals surface area contributed by atoms with Crippen molar-refractivity contribution in [2.24, 2.45) is 0 Å². The summed E-state index contributed by atoms with van der Waals surface area (Å²) in [6.07, 6.45) is -35.8. The number of halogens is 24. The van der Waals surface area contributed by atoms with E-state index >= 15 is 0 Å². The molecule has 0 aromatic heterocycles. The van der Waals surface area contributed by atoms with E-state index in [0.29, 0.717) is 7.92 Å². The summed E-state index contributed by atoms with van der Waals surface area (Å²) >= 11 is 0. The van der Waals surface area contributed by atoms with Gasteiger partial charge in [0.2, 0.25) is 0 Å². The standard InChI is InChI=1S/C39H32OP2.C32H12BF24.C15H27P.Rh/c1-39(2)33-25-15-27-35(41(29-17-7-3-8-18-29)30-19-9-4-10-20-30)37(33)40-38-34(39)26-16-28-36(38)42(31-21-11-5-12-22-31)32-23-13-6-14-24-32;34-25(35,36)13-1-14(26(37,38)39)6-21(5-13)33(22-7-15(27(40,41)42)2-16(8-22)28(43,44)45,23-9-17(29(46,47)48)3-18(10-23)30(49,50)51)24-11-19(31(52,53)54)4-20(12-24)32(55,56)57;1-2-8-13(7-1)16(14-9-3-4-10-14)15-11-5-6-12-15;/h3-28H,1-2H3;1-12H;13-15H,1-12H2;/q;-1;;. The van der Waals surface area contributed by atoms with Crippen LogP contribution >= 0.6 is 23.8 Å². The molecule has 116 heavy (non-hydrogen) atoms. The molecule has 0 atom stereocenters. The van der Waals surface area contributed by atoms with Crippen molar-refractivity contribution < 1.29 is 130 Å². The van der Waals surface area contributed by atoms with Gasteiger partial charge in [0.25, 0.3) is 0 Å². The first-order valence-electron chi connectivity index (χ1n) is 36.7. The fraction of sp³-hybridized carbons (Fsp3) is 0.302. The molecule has 10 aromatic carbocycles. The van der Waals surface area contributed by atoms with E-state index < -0.39 is 211 Å². The van der Waals surface area contributed by atoms with E-state index in [-0.39, 0.29) is 24.9 Å². The summed E-state index contributed by atoms with van der Waals surface area (Å²) < 4.78 is 348. The average Bonchev–Trinajstić information content (AvgIpc) is 0.976. The number of para-hydroxylation sites is 2. The third-order valence-corrected chi connectivity index (χ3v) is 30.8. The summed E-state index contributed by atoms with van der Waals surface area (Å²) in [6, 6.07) is 48.4. The molecular formula is C86H71BF24OP3Rh-. The molecule has 30 heteroatoms. The van der Waals surface area contributed by atoms with Gasteiger partial charge in [0, 0.05) is 46.6 Å². The van der Waals surface area contributed by atoms with Gasteiger partial charge in [-0.25, -0.2) is 0 Å². The monoisotopic (exact) mass is 1780 g/mol. The van der Waals surface area contributed by atoms with Gasteiger partial charge in [0.05, 0.1) is 44.5 Å². The summed E-state index contributed by atoms with van der Waals surface area (Å²) in [4.78, 5) is 0. The molecule has 1 aliphatic heterocycles. The Kier molecular flexibility index (Phi) is 26.5. The molecule has 0 unspecified atom stereocenters. The van der Waals surface area contributed by atoms with Gasteiger partial charge in [-0.15, -0.1) is 0 Å². The molecule has 1 radical (unpaired) electrons. The molecule has 3 aliphatic carbocycles. The molecular weight excluding hydrogens is 1710 g/mol. The molecule has 0 saturated heterocycles. The zero-order chi connectivity index (χ0) is 83.2. The molecule has 4 aliphatic rings. The van der Waals surface area contributed by atoms with Crippen LogP contribution in [0, 0.1) is 0 Å². The minimum atomic E-state index is -6.13. The number of rotatable bonds is 13. The Labute approximate surface area is 670 Å². The molecule has 3 fully saturated rings. The van der Waals surface area contributed by atoms with Gasteiger partial charge < -0.3 is 4.74 Å². The Bertz CT molecular complexity index is 4340. The van der Waals surface area contributed by atoms with Crippen LogP contribution in [0.4, 0.5) is 105 Å². The summed E-state index contributed by atoms with van der Waals surface area (Å²) in [7, 11) is -1.21. The minimum absolute atomic E-state index is 0. The van der Waals surface area contributed by atoms with Crippen LogP contribution in [0.3, 0.4) is 0 Å². The van der Waals surface area contributed by atoms with Crippen molar-refractivity contribution in [2.45, 2.75) is 163 Å². The predicted octanol–water partition coefficient (Wildman–Crippen LogP) is 24.1. The third-order valence-electron chi connectivity index (χ3n) is 21.8. The van der Waals surface area contributed by atoms with Crippen LogP contribution in [0.25, 0.3) is 0 Å². The van der Waals surface area contributed by atoms with E-state index in [0.717, 1.165) is 11.5 Å². The number of benzene rings is 10. The molecule has 0 bridgehead atoms.